The molecular weight excluding hydrogens is 306 g/mol. The molecule has 0 unspecified atom stereocenters. The Morgan fingerprint density at radius 1 is 1.21 bits per heavy atom. The van der Waals surface area contributed by atoms with Crippen molar-refractivity contribution >= 4 is 17.5 Å². The van der Waals surface area contributed by atoms with Gasteiger partial charge in [0, 0.05) is 51.3 Å². The zero-order valence-corrected chi connectivity index (χ0v) is 14.2. The monoisotopic (exact) mass is 331 g/mol. The molecule has 1 aromatic rings. The lowest BCUT2D eigenvalue weighted by atomic mass is 9.95. The Morgan fingerprint density at radius 3 is 2.58 bits per heavy atom. The number of hydrogen-bond acceptors (Lipinski definition) is 4. The molecule has 3 rings (SSSR count). The van der Waals surface area contributed by atoms with Crippen LogP contribution in [0.5, 0.6) is 0 Å². The fraction of sp³-hybridized carbons (Fsp3) is 0.556. The average Bonchev–Trinajstić information content (AvgIpc) is 2.63. The molecule has 1 N–H and O–H groups in total. The molecule has 0 radical (unpaired) electrons. The number of ether oxygens (including phenoxy) is 1. The van der Waals surface area contributed by atoms with Crippen molar-refractivity contribution in [3.63, 3.8) is 0 Å². The molecule has 0 spiro atoms. The van der Waals surface area contributed by atoms with Gasteiger partial charge in [0.15, 0.2) is 0 Å². The first-order valence-corrected chi connectivity index (χ1v) is 8.57. The Hall–Kier alpha value is -2.08. The third kappa shape index (κ3) is 4.06. The number of hydrogen-bond donors (Lipinski definition) is 1. The number of likely N-dealkylation sites (tertiary alicyclic amines) is 1. The van der Waals surface area contributed by atoms with E-state index in [4.69, 9.17) is 4.74 Å². The van der Waals surface area contributed by atoms with Gasteiger partial charge in [0.1, 0.15) is 0 Å². The van der Waals surface area contributed by atoms with E-state index in [1.165, 1.54) is 5.69 Å². The summed E-state index contributed by atoms with van der Waals surface area (Å²) in [5.41, 5.74) is 2.26. The summed E-state index contributed by atoms with van der Waals surface area (Å²) >= 11 is 0. The molecule has 2 fully saturated rings. The van der Waals surface area contributed by atoms with Crippen LogP contribution in [0.4, 0.5) is 5.69 Å². The largest absolute Gasteiger partial charge is 0.378 e. The summed E-state index contributed by atoms with van der Waals surface area (Å²) in [7, 11) is 1.78. The van der Waals surface area contributed by atoms with Crippen LogP contribution in [-0.2, 0) is 20.9 Å². The number of benzene rings is 1. The van der Waals surface area contributed by atoms with Crippen molar-refractivity contribution in [3.8, 4) is 0 Å². The summed E-state index contributed by atoms with van der Waals surface area (Å²) < 4.78 is 5.37. The van der Waals surface area contributed by atoms with Crippen LogP contribution in [0.1, 0.15) is 18.4 Å². The molecule has 6 heteroatoms. The average molecular weight is 331 g/mol. The first kappa shape index (κ1) is 16.8. The summed E-state index contributed by atoms with van der Waals surface area (Å²) in [6.45, 7) is 4.54. The number of carbonyl (C=O) groups is 2. The van der Waals surface area contributed by atoms with Gasteiger partial charge in [-0.05, 0) is 24.1 Å². The summed E-state index contributed by atoms with van der Waals surface area (Å²) in [5, 5.41) is 2.96. The van der Waals surface area contributed by atoms with Gasteiger partial charge in [-0.2, -0.15) is 0 Å². The van der Waals surface area contributed by atoms with E-state index in [1.54, 1.807) is 11.9 Å². The zero-order valence-electron chi connectivity index (χ0n) is 14.2. The van der Waals surface area contributed by atoms with Crippen LogP contribution < -0.4 is 10.2 Å². The maximum atomic E-state index is 12.2. The fourth-order valence-electron chi connectivity index (χ4n) is 3.15. The van der Waals surface area contributed by atoms with E-state index in [9.17, 15) is 9.59 Å². The molecule has 1 atom stereocenters. The minimum Gasteiger partial charge on any atom is -0.378 e. The first-order valence-electron chi connectivity index (χ1n) is 8.57. The topological polar surface area (TPSA) is 61.9 Å². The van der Waals surface area contributed by atoms with E-state index in [1.807, 2.05) is 12.1 Å². The number of nitrogens with one attached hydrogen (secondary N) is 1. The molecular formula is C18H25N3O3. The smallest absolute Gasteiger partial charge is 0.223 e. The van der Waals surface area contributed by atoms with Gasteiger partial charge in [-0.3, -0.25) is 9.59 Å². The van der Waals surface area contributed by atoms with E-state index in [2.05, 4.69) is 22.3 Å². The van der Waals surface area contributed by atoms with E-state index in [-0.39, 0.29) is 17.7 Å². The van der Waals surface area contributed by atoms with Crippen molar-refractivity contribution in [3.05, 3.63) is 29.8 Å². The van der Waals surface area contributed by atoms with Crippen LogP contribution in [0.2, 0.25) is 0 Å². The van der Waals surface area contributed by atoms with Crippen molar-refractivity contribution in [1.82, 2.24) is 10.2 Å². The van der Waals surface area contributed by atoms with Crippen LogP contribution in [0.3, 0.4) is 0 Å². The molecule has 6 nitrogen and oxygen atoms in total. The normalized spacial score (nSPS) is 21.7. The second-order valence-electron chi connectivity index (χ2n) is 6.49. The molecule has 2 amide bonds. The molecule has 0 saturated carbocycles. The van der Waals surface area contributed by atoms with E-state index >= 15 is 0 Å². The van der Waals surface area contributed by atoms with Gasteiger partial charge in [0.05, 0.1) is 13.2 Å². The second kappa shape index (κ2) is 7.66. The predicted octanol–water partition coefficient (Wildman–Crippen LogP) is 1.01. The Kier molecular flexibility index (Phi) is 5.35. The zero-order chi connectivity index (χ0) is 16.9. The van der Waals surface area contributed by atoms with Crippen molar-refractivity contribution < 1.29 is 14.3 Å². The van der Waals surface area contributed by atoms with Crippen molar-refractivity contribution in [2.45, 2.75) is 19.4 Å². The van der Waals surface area contributed by atoms with E-state index in [0.29, 0.717) is 19.5 Å². The molecule has 2 heterocycles. The predicted molar refractivity (Wildman–Crippen MR) is 91.7 cm³/mol. The summed E-state index contributed by atoms with van der Waals surface area (Å²) in [4.78, 5) is 27.9. The molecule has 2 aliphatic heterocycles. The van der Waals surface area contributed by atoms with E-state index < -0.39 is 0 Å². The van der Waals surface area contributed by atoms with Gasteiger partial charge in [-0.15, -0.1) is 0 Å². The Morgan fingerprint density at radius 2 is 1.92 bits per heavy atom. The van der Waals surface area contributed by atoms with Crippen LogP contribution in [-0.4, -0.2) is 56.6 Å². The Balaban J connectivity index is 1.49. The number of anilines is 1. The maximum absolute atomic E-state index is 12.2. The highest BCUT2D eigenvalue weighted by Crippen LogP contribution is 2.19. The highest BCUT2D eigenvalue weighted by Gasteiger charge is 2.28. The minimum absolute atomic E-state index is 0.0197. The second-order valence-corrected chi connectivity index (χ2v) is 6.49. The Labute approximate surface area is 142 Å². The molecule has 2 saturated heterocycles. The minimum atomic E-state index is -0.193. The molecule has 0 aromatic heterocycles. The quantitative estimate of drug-likeness (QED) is 0.894. The van der Waals surface area contributed by atoms with Crippen molar-refractivity contribution in [2.75, 3.05) is 44.8 Å². The Bertz CT molecular complexity index is 582. The molecule has 0 bridgehead atoms. The lowest BCUT2D eigenvalue weighted by molar-refractivity contribution is -0.139. The van der Waals surface area contributed by atoms with Gasteiger partial charge in [-0.1, -0.05) is 12.1 Å². The van der Waals surface area contributed by atoms with Gasteiger partial charge in [0.2, 0.25) is 11.8 Å². The van der Waals surface area contributed by atoms with Crippen LogP contribution in [0, 0.1) is 5.92 Å². The summed E-state index contributed by atoms with van der Waals surface area (Å²) in [6, 6.07) is 8.27. The van der Waals surface area contributed by atoms with Gasteiger partial charge in [0.25, 0.3) is 0 Å². The SMILES string of the molecule is CN1CC[C@@H](C(=O)NCc2ccc(N3CCOCC3)cc2)CC1=O. The molecule has 24 heavy (non-hydrogen) atoms. The van der Waals surface area contributed by atoms with Crippen molar-refractivity contribution in [1.29, 1.82) is 0 Å². The number of piperidine rings is 1. The van der Waals surface area contributed by atoms with Gasteiger partial charge < -0.3 is 19.9 Å². The van der Waals surface area contributed by atoms with Crippen LogP contribution >= 0.6 is 0 Å². The molecule has 1 aromatic carbocycles. The number of rotatable bonds is 4. The number of carbonyl (C=O) groups excluding carboxylic acids is 2. The van der Waals surface area contributed by atoms with E-state index in [0.717, 1.165) is 38.3 Å². The third-order valence-electron chi connectivity index (χ3n) is 4.81. The standard InChI is InChI=1S/C18H25N3O3/c1-20-7-6-15(12-17(20)22)18(23)19-13-14-2-4-16(5-3-14)21-8-10-24-11-9-21/h2-5,15H,6-13H2,1H3,(H,19,23)/t15-/m1/s1. The van der Waals surface area contributed by atoms with Crippen LogP contribution in [0.25, 0.3) is 0 Å². The van der Waals surface area contributed by atoms with Gasteiger partial charge >= 0.3 is 0 Å². The number of amides is 2. The van der Waals surface area contributed by atoms with Crippen LogP contribution in [0.15, 0.2) is 24.3 Å². The lowest BCUT2D eigenvalue weighted by Gasteiger charge is -2.29. The summed E-state index contributed by atoms with van der Waals surface area (Å²) in [6.07, 6.45) is 1.06. The van der Waals surface area contributed by atoms with Gasteiger partial charge in [-0.25, -0.2) is 0 Å². The fourth-order valence-corrected chi connectivity index (χ4v) is 3.15. The molecule has 2 aliphatic rings. The maximum Gasteiger partial charge on any atom is 0.223 e. The number of nitrogens with zero attached hydrogens (tertiary/aromatic N) is 2. The highest BCUT2D eigenvalue weighted by atomic mass is 16.5. The molecule has 130 valence electrons. The van der Waals surface area contributed by atoms with Crippen molar-refractivity contribution in [2.24, 2.45) is 5.92 Å². The third-order valence-corrected chi connectivity index (χ3v) is 4.81. The molecule has 0 aliphatic carbocycles. The summed E-state index contributed by atoms with van der Waals surface area (Å²) in [5.74, 6) is -0.161. The lowest BCUT2D eigenvalue weighted by Crippen LogP contribution is -2.41. The first-order chi connectivity index (χ1) is 11.6. The highest BCUT2D eigenvalue weighted by molar-refractivity contribution is 5.86. The number of morpholine rings is 1.